The van der Waals surface area contributed by atoms with E-state index in [9.17, 15) is 14.4 Å². The number of esters is 3. The van der Waals surface area contributed by atoms with Crippen LogP contribution in [0.25, 0.3) is 0 Å². The Morgan fingerprint density at radius 2 is 2.14 bits per heavy atom. The highest BCUT2D eigenvalue weighted by atomic mass is 16.6. The Morgan fingerprint density at radius 1 is 1.50 bits per heavy atom. The van der Waals surface area contributed by atoms with Gasteiger partial charge in [-0.3, -0.25) is 4.79 Å². The van der Waals surface area contributed by atoms with Crippen molar-refractivity contribution in [3.05, 3.63) is 0 Å². The molecule has 0 aromatic heterocycles. The maximum absolute atomic E-state index is 11.0. The van der Waals surface area contributed by atoms with Gasteiger partial charge in [-0.2, -0.15) is 0 Å². The summed E-state index contributed by atoms with van der Waals surface area (Å²) in [6, 6.07) is 0. The molecule has 6 heteroatoms. The normalized spacial score (nSPS) is 25.4. The van der Waals surface area contributed by atoms with Crippen molar-refractivity contribution < 1.29 is 28.6 Å². The lowest BCUT2D eigenvalue weighted by molar-refractivity contribution is -0.163. The van der Waals surface area contributed by atoms with Gasteiger partial charge < -0.3 is 14.2 Å². The number of methoxy groups -OCH3 is 1. The minimum absolute atomic E-state index is 0.0189. The molecule has 1 rings (SSSR count). The van der Waals surface area contributed by atoms with Gasteiger partial charge in [0.2, 0.25) is 12.2 Å². The average molecular weight is 202 g/mol. The number of carbonyl (C=O) groups is 3. The number of ether oxygens (including phenoxy) is 3. The van der Waals surface area contributed by atoms with Gasteiger partial charge in [0, 0.05) is 13.3 Å². The van der Waals surface area contributed by atoms with Gasteiger partial charge in [-0.05, 0) is 0 Å². The predicted molar refractivity (Wildman–Crippen MR) is 42.1 cm³/mol. The second kappa shape index (κ2) is 4.08. The van der Waals surface area contributed by atoms with Crippen molar-refractivity contribution in [2.45, 2.75) is 25.6 Å². The summed E-state index contributed by atoms with van der Waals surface area (Å²) in [5.41, 5.74) is 0. The Kier molecular flexibility index (Phi) is 3.06. The lowest BCUT2D eigenvalue weighted by Crippen LogP contribution is -2.22. The summed E-state index contributed by atoms with van der Waals surface area (Å²) in [5, 5.41) is 0. The molecule has 0 bridgehead atoms. The minimum atomic E-state index is -0.989. The SMILES string of the molecule is COC(=O)[C@H]1C[C@@H](OC(C)=O)C(=O)O1. The van der Waals surface area contributed by atoms with Crippen molar-refractivity contribution in [2.24, 2.45) is 0 Å². The lowest BCUT2D eigenvalue weighted by Gasteiger charge is -2.04. The Hall–Kier alpha value is -1.59. The van der Waals surface area contributed by atoms with Gasteiger partial charge in [0.25, 0.3) is 0 Å². The van der Waals surface area contributed by atoms with E-state index in [1.807, 2.05) is 0 Å². The molecule has 1 fully saturated rings. The van der Waals surface area contributed by atoms with Crippen LogP contribution in [0.15, 0.2) is 0 Å². The van der Waals surface area contributed by atoms with Gasteiger partial charge >= 0.3 is 17.9 Å². The summed E-state index contributed by atoms with van der Waals surface area (Å²) in [4.78, 5) is 32.5. The summed E-state index contributed by atoms with van der Waals surface area (Å²) in [6.07, 6.45) is -1.93. The average Bonchev–Trinajstić information content (AvgIpc) is 2.46. The molecule has 0 amide bonds. The fourth-order valence-electron chi connectivity index (χ4n) is 1.13. The van der Waals surface area contributed by atoms with Gasteiger partial charge in [0.1, 0.15) is 0 Å². The second-order valence-corrected chi connectivity index (χ2v) is 2.78. The van der Waals surface area contributed by atoms with E-state index in [1.54, 1.807) is 0 Å². The molecule has 0 N–H and O–H groups in total. The van der Waals surface area contributed by atoms with Crippen LogP contribution in [0.4, 0.5) is 0 Å². The van der Waals surface area contributed by atoms with E-state index in [2.05, 4.69) is 14.2 Å². The fourth-order valence-corrected chi connectivity index (χ4v) is 1.13. The number of cyclic esters (lactones) is 1. The zero-order chi connectivity index (χ0) is 10.7. The molecule has 0 aromatic carbocycles. The first-order chi connectivity index (χ1) is 6.54. The molecule has 1 heterocycles. The third kappa shape index (κ3) is 2.21. The van der Waals surface area contributed by atoms with Gasteiger partial charge in [-0.15, -0.1) is 0 Å². The first-order valence-corrected chi connectivity index (χ1v) is 4.00. The Morgan fingerprint density at radius 3 is 2.64 bits per heavy atom. The smallest absolute Gasteiger partial charge is 0.348 e. The number of hydrogen-bond acceptors (Lipinski definition) is 6. The van der Waals surface area contributed by atoms with Crippen LogP contribution in [0.5, 0.6) is 0 Å². The number of hydrogen-bond donors (Lipinski definition) is 0. The molecule has 1 aliphatic rings. The third-order valence-electron chi connectivity index (χ3n) is 1.72. The quantitative estimate of drug-likeness (QED) is 0.439. The largest absolute Gasteiger partial charge is 0.466 e. The second-order valence-electron chi connectivity index (χ2n) is 2.78. The molecule has 0 aliphatic carbocycles. The van der Waals surface area contributed by atoms with Gasteiger partial charge in [-0.1, -0.05) is 0 Å². The van der Waals surface area contributed by atoms with E-state index in [4.69, 9.17) is 0 Å². The first-order valence-electron chi connectivity index (χ1n) is 4.00. The lowest BCUT2D eigenvalue weighted by atomic mass is 10.2. The summed E-state index contributed by atoms with van der Waals surface area (Å²) in [6.45, 7) is 1.18. The molecule has 1 aliphatic heterocycles. The monoisotopic (exact) mass is 202 g/mol. The molecule has 78 valence electrons. The van der Waals surface area contributed by atoms with Crippen molar-refractivity contribution in [3.8, 4) is 0 Å². The highest BCUT2D eigenvalue weighted by molar-refractivity contribution is 5.86. The van der Waals surface area contributed by atoms with Crippen molar-refractivity contribution in [3.63, 3.8) is 0 Å². The van der Waals surface area contributed by atoms with Crippen LogP contribution in [0.2, 0.25) is 0 Å². The number of carbonyl (C=O) groups excluding carboxylic acids is 3. The molecule has 0 saturated carbocycles. The van der Waals surface area contributed by atoms with E-state index in [0.717, 1.165) is 0 Å². The summed E-state index contributed by atoms with van der Waals surface area (Å²) < 4.78 is 13.6. The van der Waals surface area contributed by atoms with Crippen LogP contribution in [0.3, 0.4) is 0 Å². The maximum atomic E-state index is 11.0. The third-order valence-corrected chi connectivity index (χ3v) is 1.72. The van der Waals surface area contributed by atoms with Gasteiger partial charge in [0.15, 0.2) is 0 Å². The van der Waals surface area contributed by atoms with Gasteiger partial charge in [-0.25, -0.2) is 9.59 Å². The van der Waals surface area contributed by atoms with Crippen molar-refractivity contribution in [1.29, 1.82) is 0 Å². The highest BCUT2D eigenvalue weighted by Gasteiger charge is 2.41. The van der Waals surface area contributed by atoms with Crippen molar-refractivity contribution in [1.82, 2.24) is 0 Å². The van der Waals surface area contributed by atoms with Crippen LogP contribution in [-0.2, 0) is 28.6 Å². The standard InChI is InChI=1S/C8H10O6/c1-4(9)13-6-3-5(7(10)12-2)14-8(6)11/h5-6H,3H2,1-2H3/t5-,6-/m1/s1. The van der Waals surface area contributed by atoms with E-state index >= 15 is 0 Å². The molecule has 1 saturated heterocycles. The van der Waals surface area contributed by atoms with Gasteiger partial charge in [0.05, 0.1) is 7.11 Å². The highest BCUT2D eigenvalue weighted by Crippen LogP contribution is 2.18. The molecular weight excluding hydrogens is 192 g/mol. The van der Waals surface area contributed by atoms with Crippen LogP contribution >= 0.6 is 0 Å². The van der Waals surface area contributed by atoms with E-state index < -0.39 is 30.1 Å². The van der Waals surface area contributed by atoms with E-state index in [-0.39, 0.29) is 6.42 Å². The molecule has 14 heavy (non-hydrogen) atoms. The first kappa shape index (κ1) is 10.5. The predicted octanol–water partition coefficient (Wildman–Crippen LogP) is -0.593. The van der Waals surface area contributed by atoms with Crippen LogP contribution in [0, 0.1) is 0 Å². The minimum Gasteiger partial charge on any atom is -0.466 e. The summed E-state index contributed by atoms with van der Waals surface area (Å²) >= 11 is 0. The van der Waals surface area contributed by atoms with Crippen molar-refractivity contribution >= 4 is 17.9 Å². The molecular formula is C8H10O6. The van der Waals surface area contributed by atoms with E-state index in [0.29, 0.717) is 0 Å². The van der Waals surface area contributed by atoms with Crippen molar-refractivity contribution in [2.75, 3.05) is 7.11 Å². The summed E-state index contributed by atoms with van der Waals surface area (Å²) in [5.74, 6) is -1.94. The van der Waals surface area contributed by atoms with E-state index in [1.165, 1.54) is 14.0 Å². The Bertz CT molecular complexity index is 271. The Balaban J connectivity index is 2.55. The molecule has 0 aromatic rings. The number of rotatable bonds is 2. The Labute approximate surface area is 80.1 Å². The molecule has 0 spiro atoms. The zero-order valence-corrected chi connectivity index (χ0v) is 7.81. The van der Waals surface area contributed by atoms with Crippen LogP contribution < -0.4 is 0 Å². The molecule has 6 nitrogen and oxygen atoms in total. The summed E-state index contributed by atoms with van der Waals surface area (Å²) in [7, 11) is 1.19. The zero-order valence-electron chi connectivity index (χ0n) is 7.81. The topological polar surface area (TPSA) is 78.9 Å². The van der Waals surface area contributed by atoms with Crippen LogP contribution in [0.1, 0.15) is 13.3 Å². The van der Waals surface area contributed by atoms with Crippen LogP contribution in [-0.4, -0.2) is 37.2 Å². The molecule has 0 unspecified atom stereocenters. The fraction of sp³-hybridized carbons (Fsp3) is 0.625. The molecule has 2 atom stereocenters. The maximum Gasteiger partial charge on any atom is 0.348 e. The molecule has 0 radical (unpaired) electrons.